The van der Waals surface area contributed by atoms with Crippen molar-refractivity contribution in [3.8, 4) is 0 Å². The van der Waals surface area contributed by atoms with Gasteiger partial charge in [-0.1, -0.05) is 5.10 Å². The minimum Gasteiger partial charge on any atom is -0.292 e. The fourth-order valence-corrected chi connectivity index (χ4v) is 0.847. The molecule has 1 aromatic heterocycles. The van der Waals surface area contributed by atoms with E-state index >= 15 is 0 Å². The Kier molecular flexibility index (Phi) is 3.31. The summed E-state index contributed by atoms with van der Waals surface area (Å²) >= 11 is 0. The van der Waals surface area contributed by atoms with Crippen LogP contribution in [0.1, 0.15) is 5.69 Å². The van der Waals surface area contributed by atoms with Gasteiger partial charge in [-0.05, 0) is 6.92 Å². The van der Waals surface area contributed by atoms with E-state index in [0.717, 1.165) is 6.08 Å². The number of nitrogens with zero attached hydrogens (tertiary/aromatic N) is 2. The number of rotatable bonds is 2. The number of carbonyl (C=O) groups excluding carboxylic acids is 2. The summed E-state index contributed by atoms with van der Waals surface area (Å²) in [6.45, 7) is 1.60. The van der Waals surface area contributed by atoms with Gasteiger partial charge in [-0.15, -0.1) is 0 Å². The molecule has 0 bridgehead atoms. The Hall–Kier alpha value is -2.47. The molecular formula is C7H7N5O3. The average Bonchev–Trinajstić information content (AvgIpc) is 2.13. The van der Waals surface area contributed by atoms with Crippen molar-refractivity contribution in [2.75, 3.05) is 5.32 Å². The van der Waals surface area contributed by atoms with Crippen LogP contribution in [0.4, 0.5) is 10.7 Å². The van der Waals surface area contributed by atoms with E-state index in [4.69, 9.17) is 0 Å². The van der Waals surface area contributed by atoms with Crippen LogP contribution in [0.5, 0.6) is 0 Å². The van der Waals surface area contributed by atoms with E-state index in [-0.39, 0.29) is 5.95 Å². The van der Waals surface area contributed by atoms with Gasteiger partial charge in [0.2, 0.25) is 5.95 Å². The van der Waals surface area contributed by atoms with Crippen molar-refractivity contribution in [1.82, 2.24) is 15.4 Å². The van der Waals surface area contributed by atoms with E-state index in [1.807, 2.05) is 5.43 Å². The molecule has 0 unspecified atom stereocenters. The number of isocyanates is 1. The summed E-state index contributed by atoms with van der Waals surface area (Å²) in [6.07, 6.45) is 1.12. The molecular weight excluding hydrogens is 202 g/mol. The number of hydrazone groups is 1. The normalized spacial score (nSPS) is 8.87. The van der Waals surface area contributed by atoms with Crippen LogP contribution < -0.4 is 16.3 Å². The third kappa shape index (κ3) is 3.41. The summed E-state index contributed by atoms with van der Waals surface area (Å²) in [5, 5.41) is 4.99. The maximum atomic E-state index is 11.0. The number of urea groups is 1. The summed E-state index contributed by atoms with van der Waals surface area (Å²) in [5.41, 5.74) is 1.87. The maximum absolute atomic E-state index is 11.0. The average molecular weight is 209 g/mol. The Morgan fingerprint density at radius 2 is 2.40 bits per heavy atom. The molecule has 0 saturated carbocycles. The van der Waals surface area contributed by atoms with Gasteiger partial charge in [0.25, 0.3) is 11.6 Å². The van der Waals surface area contributed by atoms with Gasteiger partial charge >= 0.3 is 6.03 Å². The fraction of sp³-hybridized carbons (Fsp3) is 0.143. The van der Waals surface area contributed by atoms with Crippen LogP contribution in [0.25, 0.3) is 0 Å². The van der Waals surface area contributed by atoms with Crippen LogP contribution in [0.15, 0.2) is 16.0 Å². The van der Waals surface area contributed by atoms with Gasteiger partial charge in [0, 0.05) is 11.8 Å². The molecule has 1 aromatic rings. The van der Waals surface area contributed by atoms with Crippen molar-refractivity contribution in [3.63, 3.8) is 0 Å². The number of aromatic amines is 1. The van der Waals surface area contributed by atoms with Crippen LogP contribution in [0.2, 0.25) is 0 Å². The zero-order valence-corrected chi connectivity index (χ0v) is 7.70. The van der Waals surface area contributed by atoms with Gasteiger partial charge in [-0.2, -0.15) is 0 Å². The number of carbonyl (C=O) groups is 1. The highest BCUT2D eigenvalue weighted by atomic mass is 16.2. The zero-order valence-electron chi connectivity index (χ0n) is 7.70. The molecule has 0 aliphatic carbocycles. The third-order valence-electron chi connectivity index (χ3n) is 1.30. The third-order valence-corrected chi connectivity index (χ3v) is 1.30. The summed E-state index contributed by atoms with van der Waals surface area (Å²) in [5.74, 6) is -0.0291. The predicted molar refractivity (Wildman–Crippen MR) is 49.9 cm³/mol. The molecule has 0 spiro atoms. The summed E-state index contributed by atoms with van der Waals surface area (Å²) < 4.78 is 0. The second-order valence-electron chi connectivity index (χ2n) is 2.50. The number of aromatic nitrogens is 2. The lowest BCUT2D eigenvalue weighted by atomic mass is 10.4. The Bertz CT molecular complexity index is 474. The number of hydrogen-bond donors (Lipinski definition) is 3. The molecule has 8 nitrogen and oxygen atoms in total. The highest BCUT2D eigenvalue weighted by molar-refractivity contribution is 5.87. The van der Waals surface area contributed by atoms with Crippen molar-refractivity contribution in [3.05, 3.63) is 22.1 Å². The van der Waals surface area contributed by atoms with Gasteiger partial charge in [0.15, 0.2) is 0 Å². The molecule has 0 aliphatic rings. The summed E-state index contributed by atoms with van der Waals surface area (Å²) in [7, 11) is 0. The van der Waals surface area contributed by atoms with E-state index in [2.05, 4.69) is 20.4 Å². The van der Waals surface area contributed by atoms with Crippen LogP contribution in [-0.4, -0.2) is 22.1 Å². The van der Waals surface area contributed by atoms with Gasteiger partial charge in [-0.3, -0.25) is 15.1 Å². The van der Waals surface area contributed by atoms with Gasteiger partial charge in [0.1, 0.15) is 0 Å². The molecule has 15 heavy (non-hydrogen) atoms. The van der Waals surface area contributed by atoms with Crippen LogP contribution in [0, 0.1) is 6.92 Å². The molecule has 2 amide bonds. The zero-order chi connectivity index (χ0) is 11.3. The SMILES string of the molecule is Cc1cc(=O)[nH]c(NC(=O)NN=C=O)n1. The lowest BCUT2D eigenvalue weighted by Crippen LogP contribution is -2.26. The minimum absolute atomic E-state index is 0.0291. The number of anilines is 1. The number of nitrogens with one attached hydrogen (secondary N) is 3. The lowest BCUT2D eigenvalue weighted by Gasteiger charge is -2.01. The highest BCUT2D eigenvalue weighted by Crippen LogP contribution is 1.94. The Balaban J connectivity index is 2.76. The quantitative estimate of drug-likeness (QED) is 0.344. The van der Waals surface area contributed by atoms with Gasteiger partial charge in [-0.25, -0.2) is 20.0 Å². The minimum atomic E-state index is -0.799. The first-order valence-electron chi connectivity index (χ1n) is 3.83. The molecule has 0 atom stereocenters. The molecule has 0 aliphatic heterocycles. The number of hydrogen-bond acceptors (Lipinski definition) is 5. The molecule has 1 heterocycles. The lowest BCUT2D eigenvalue weighted by molar-refractivity contribution is 0.252. The van der Waals surface area contributed by atoms with Crippen LogP contribution in [0.3, 0.4) is 0 Å². The monoisotopic (exact) mass is 209 g/mol. The maximum Gasteiger partial charge on any atom is 0.342 e. The standard InChI is InChI=1S/C7H7N5O3/c1-4-2-5(14)10-6(9-4)11-7(15)12-8-3-13/h2H,1H3,(H3,9,10,11,12,14,15). The molecule has 8 heteroatoms. The first-order valence-corrected chi connectivity index (χ1v) is 3.83. The van der Waals surface area contributed by atoms with Crippen LogP contribution in [-0.2, 0) is 4.79 Å². The smallest absolute Gasteiger partial charge is 0.292 e. The van der Waals surface area contributed by atoms with E-state index in [1.54, 1.807) is 6.92 Å². The Morgan fingerprint density at radius 3 is 3.00 bits per heavy atom. The number of amides is 2. The molecule has 78 valence electrons. The van der Waals surface area contributed by atoms with Crippen molar-refractivity contribution in [2.24, 2.45) is 5.10 Å². The number of H-pyrrole nitrogens is 1. The molecule has 0 radical (unpaired) electrons. The van der Waals surface area contributed by atoms with Crippen molar-refractivity contribution in [1.29, 1.82) is 0 Å². The van der Waals surface area contributed by atoms with Gasteiger partial charge in [0.05, 0.1) is 0 Å². The molecule has 1 rings (SSSR count). The van der Waals surface area contributed by atoms with Gasteiger partial charge < -0.3 is 0 Å². The predicted octanol–water partition coefficient (Wildman–Crippen LogP) is -0.549. The largest absolute Gasteiger partial charge is 0.342 e. The highest BCUT2D eigenvalue weighted by Gasteiger charge is 2.02. The second-order valence-corrected chi connectivity index (χ2v) is 2.50. The molecule has 0 aromatic carbocycles. The van der Waals surface area contributed by atoms with E-state index in [9.17, 15) is 14.4 Å². The van der Waals surface area contributed by atoms with Crippen molar-refractivity contribution >= 4 is 18.1 Å². The number of aryl methyl sites for hydroxylation is 1. The van der Waals surface area contributed by atoms with E-state index in [0.29, 0.717) is 5.69 Å². The van der Waals surface area contributed by atoms with E-state index in [1.165, 1.54) is 6.07 Å². The molecule has 3 N–H and O–H groups in total. The van der Waals surface area contributed by atoms with Crippen molar-refractivity contribution in [2.45, 2.75) is 6.92 Å². The first-order chi connectivity index (χ1) is 7.11. The summed E-state index contributed by atoms with van der Waals surface area (Å²) in [4.78, 5) is 37.6. The summed E-state index contributed by atoms with van der Waals surface area (Å²) in [6, 6.07) is 0.472. The Morgan fingerprint density at radius 1 is 1.67 bits per heavy atom. The first kappa shape index (κ1) is 10.6. The topological polar surface area (TPSA) is 116 Å². The Labute approximate surface area is 83.4 Å². The van der Waals surface area contributed by atoms with Crippen LogP contribution >= 0.6 is 0 Å². The molecule has 0 saturated heterocycles. The molecule has 0 fully saturated rings. The van der Waals surface area contributed by atoms with Crippen molar-refractivity contribution < 1.29 is 9.59 Å². The second kappa shape index (κ2) is 4.68. The van der Waals surface area contributed by atoms with E-state index < -0.39 is 11.6 Å². The fourth-order valence-electron chi connectivity index (χ4n) is 0.847.